The predicted molar refractivity (Wildman–Crippen MR) is 54.9 cm³/mol. The van der Waals surface area contributed by atoms with E-state index < -0.39 is 0 Å². The molecule has 1 atom stereocenters. The van der Waals surface area contributed by atoms with Gasteiger partial charge in [0.2, 0.25) is 0 Å². The fourth-order valence-electron chi connectivity index (χ4n) is 2.89. The Kier molecular flexibility index (Phi) is 3.09. The van der Waals surface area contributed by atoms with Crippen LogP contribution in [-0.2, 0) is 9.53 Å². The second-order valence-electron chi connectivity index (χ2n) is 4.79. The smallest absolute Gasteiger partial charge is 0.306 e. The highest BCUT2D eigenvalue weighted by Gasteiger charge is 2.37. The Hall–Kier alpha value is -0.530. The van der Waals surface area contributed by atoms with Crippen molar-refractivity contribution in [2.75, 3.05) is 0 Å². The molecule has 0 aliphatic heterocycles. The minimum Gasteiger partial charge on any atom is -0.462 e. The molecule has 14 heavy (non-hydrogen) atoms. The Bertz CT molecular complexity index is 204. The van der Waals surface area contributed by atoms with Gasteiger partial charge in [0, 0.05) is 6.42 Å². The number of esters is 1. The van der Waals surface area contributed by atoms with Gasteiger partial charge in [0.1, 0.15) is 6.10 Å². The summed E-state index contributed by atoms with van der Waals surface area (Å²) in [5.41, 5.74) is 0. The van der Waals surface area contributed by atoms with Gasteiger partial charge in [-0.3, -0.25) is 4.79 Å². The van der Waals surface area contributed by atoms with Crippen molar-refractivity contribution in [2.24, 2.45) is 11.8 Å². The average Bonchev–Trinajstić information content (AvgIpc) is 2.19. The molecule has 0 heterocycles. The third-order valence-electron chi connectivity index (χ3n) is 3.72. The maximum absolute atomic E-state index is 11.4. The number of hydrogen-bond donors (Lipinski definition) is 0. The van der Waals surface area contributed by atoms with Crippen molar-refractivity contribution in [1.82, 2.24) is 0 Å². The van der Waals surface area contributed by atoms with Gasteiger partial charge in [0.15, 0.2) is 0 Å². The number of hydrogen-bond acceptors (Lipinski definition) is 2. The fraction of sp³-hybridized carbons (Fsp3) is 0.917. The van der Waals surface area contributed by atoms with Gasteiger partial charge in [-0.25, -0.2) is 0 Å². The molecule has 0 aromatic rings. The first-order valence-corrected chi connectivity index (χ1v) is 5.99. The lowest BCUT2D eigenvalue weighted by Crippen LogP contribution is -2.38. The predicted octanol–water partition coefficient (Wildman–Crippen LogP) is 2.91. The number of fused-ring (bicyclic) bond motifs is 3. The lowest BCUT2D eigenvalue weighted by molar-refractivity contribution is -0.157. The van der Waals surface area contributed by atoms with Crippen LogP contribution in [0.5, 0.6) is 0 Å². The molecule has 0 spiro atoms. The summed E-state index contributed by atoms with van der Waals surface area (Å²) < 4.78 is 5.53. The number of rotatable bonds is 3. The third-order valence-corrected chi connectivity index (χ3v) is 3.72. The van der Waals surface area contributed by atoms with Crippen LogP contribution >= 0.6 is 0 Å². The summed E-state index contributed by atoms with van der Waals surface area (Å²) >= 11 is 0. The van der Waals surface area contributed by atoms with Gasteiger partial charge in [-0.05, 0) is 50.4 Å². The molecule has 3 aliphatic carbocycles. The van der Waals surface area contributed by atoms with Gasteiger partial charge in [0.25, 0.3) is 0 Å². The molecule has 0 radical (unpaired) electrons. The SMILES string of the molecule is CCCC(=O)OC1CC2CCC1CC2. The van der Waals surface area contributed by atoms with E-state index in [1.807, 2.05) is 6.92 Å². The Morgan fingerprint density at radius 3 is 2.50 bits per heavy atom. The van der Waals surface area contributed by atoms with Gasteiger partial charge >= 0.3 is 5.97 Å². The molecule has 0 amide bonds. The monoisotopic (exact) mass is 196 g/mol. The van der Waals surface area contributed by atoms with Crippen LogP contribution in [0.1, 0.15) is 51.9 Å². The summed E-state index contributed by atoms with van der Waals surface area (Å²) in [6, 6.07) is 0. The van der Waals surface area contributed by atoms with Crippen LogP contribution in [0.3, 0.4) is 0 Å². The maximum Gasteiger partial charge on any atom is 0.306 e. The number of carbonyl (C=O) groups excluding carboxylic acids is 1. The van der Waals surface area contributed by atoms with Crippen molar-refractivity contribution in [1.29, 1.82) is 0 Å². The summed E-state index contributed by atoms with van der Waals surface area (Å²) in [6.45, 7) is 2.02. The second-order valence-corrected chi connectivity index (χ2v) is 4.79. The van der Waals surface area contributed by atoms with Crippen LogP contribution in [0.2, 0.25) is 0 Å². The van der Waals surface area contributed by atoms with Gasteiger partial charge in [-0.15, -0.1) is 0 Å². The van der Waals surface area contributed by atoms with Crippen molar-refractivity contribution in [2.45, 2.75) is 58.0 Å². The molecule has 3 rings (SSSR count). The quantitative estimate of drug-likeness (QED) is 0.649. The molecule has 0 aromatic carbocycles. The molecule has 1 unspecified atom stereocenters. The summed E-state index contributed by atoms with van der Waals surface area (Å²) in [5.74, 6) is 1.55. The van der Waals surface area contributed by atoms with Gasteiger partial charge in [-0.1, -0.05) is 6.92 Å². The lowest BCUT2D eigenvalue weighted by atomic mass is 9.69. The zero-order valence-corrected chi connectivity index (χ0v) is 9.00. The van der Waals surface area contributed by atoms with Crippen molar-refractivity contribution in [3.63, 3.8) is 0 Å². The maximum atomic E-state index is 11.4. The molecular formula is C12H20O2. The van der Waals surface area contributed by atoms with Crippen molar-refractivity contribution < 1.29 is 9.53 Å². The van der Waals surface area contributed by atoms with Crippen molar-refractivity contribution >= 4 is 5.97 Å². The molecule has 0 saturated heterocycles. The molecule has 3 fully saturated rings. The molecule has 3 aliphatic rings. The Labute approximate surface area is 86.0 Å². The van der Waals surface area contributed by atoms with E-state index >= 15 is 0 Å². The van der Waals surface area contributed by atoms with Crippen LogP contribution < -0.4 is 0 Å². The highest BCUT2D eigenvalue weighted by molar-refractivity contribution is 5.69. The molecule has 80 valence electrons. The van der Waals surface area contributed by atoms with Crippen molar-refractivity contribution in [3.8, 4) is 0 Å². The summed E-state index contributed by atoms with van der Waals surface area (Å²) in [7, 11) is 0. The first-order valence-electron chi connectivity index (χ1n) is 5.99. The zero-order chi connectivity index (χ0) is 9.97. The van der Waals surface area contributed by atoms with Crippen LogP contribution in [0.4, 0.5) is 0 Å². The van der Waals surface area contributed by atoms with E-state index in [0.717, 1.165) is 18.8 Å². The Morgan fingerprint density at radius 2 is 2.00 bits per heavy atom. The first kappa shape index (κ1) is 10.0. The first-order chi connectivity index (χ1) is 6.79. The molecule has 2 nitrogen and oxygen atoms in total. The number of ether oxygens (including phenoxy) is 1. The van der Waals surface area contributed by atoms with Crippen LogP contribution in [0.25, 0.3) is 0 Å². The van der Waals surface area contributed by atoms with Gasteiger partial charge in [-0.2, -0.15) is 0 Å². The standard InChI is InChI=1S/C12H20O2/c1-2-3-12(13)14-11-8-9-4-6-10(11)7-5-9/h9-11H,2-8H2,1H3. The normalized spacial score (nSPS) is 35.6. The van der Waals surface area contributed by atoms with E-state index in [0.29, 0.717) is 12.3 Å². The zero-order valence-electron chi connectivity index (χ0n) is 9.00. The number of carbonyl (C=O) groups is 1. The molecule has 2 bridgehead atoms. The lowest BCUT2D eigenvalue weighted by Gasteiger charge is -2.41. The van der Waals surface area contributed by atoms with E-state index in [2.05, 4.69) is 0 Å². The van der Waals surface area contributed by atoms with E-state index in [-0.39, 0.29) is 12.1 Å². The average molecular weight is 196 g/mol. The minimum atomic E-state index is 0.0186. The fourth-order valence-corrected chi connectivity index (χ4v) is 2.89. The topological polar surface area (TPSA) is 26.3 Å². The molecule has 0 N–H and O–H groups in total. The summed E-state index contributed by atoms with van der Waals surface area (Å²) in [5, 5.41) is 0. The molecule has 0 aromatic heterocycles. The van der Waals surface area contributed by atoms with Gasteiger partial charge < -0.3 is 4.74 Å². The van der Waals surface area contributed by atoms with Crippen LogP contribution in [0.15, 0.2) is 0 Å². The molecule has 3 saturated carbocycles. The highest BCUT2D eigenvalue weighted by Crippen LogP contribution is 2.42. The van der Waals surface area contributed by atoms with Crippen molar-refractivity contribution in [3.05, 3.63) is 0 Å². The van der Waals surface area contributed by atoms with E-state index in [9.17, 15) is 4.79 Å². The van der Waals surface area contributed by atoms with E-state index in [4.69, 9.17) is 4.74 Å². The van der Waals surface area contributed by atoms with E-state index in [1.54, 1.807) is 0 Å². The Morgan fingerprint density at radius 1 is 1.29 bits per heavy atom. The molecular weight excluding hydrogens is 176 g/mol. The summed E-state index contributed by atoms with van der Waals surface area (Å²) in [6.07, 6.45) is 8.21. The Balaban J connectivity index is 1.83. The van der Waals surface area contributed by atoms with E-state index in [1.165, 1.54) is 25.7 Å². The second kappa shape index (κ2) is 4.33. The minimum absolute atomic E-state index is 0.0186. The third kappa shape index (κ3) is 2.10. The molecule has 2 heteroatoms. The van der Waals surface area contributed by atoms with Crippen LogP contribution in [-0.4, -0.2) is 12.1 Å². The largest absolute Gasteiger partial charge is 0.462 e. The van der Waals surface area contributed by atoms with Gasteiger partial charge in [0.05, 0.1) is 0 Å². The summed E-state index contributed by atoms with van der Waals surface area (Å²) in [4.78, 5) is 11.4. The highest BCUT2D eigenvalue weighted by atomic mass is 16.5. The van der Waals surface area contributed by atoms with Crippen LogP contribution in [0, 0.1) is 11.8 Å².